The van der Waals surface area contributed by atoms with Crippen molar-refractivity contribution in [1.29, 1.82) is 0 Å². The second-order valence-electron chi connectivity index (χ2n) is 3.03. The molecule has 0 aliphatic rings. The van der Waals surface area contributed by atoms with Crippen LogP contribution >= 0.6 is 23.7 Å². The molecular formula is C10H13ClN2S. The molecule has 0 fully saturated rings. The van der Waals surface area contributed by atoms with Crippen LogP contribution in [0.15, 0.2) is 29.6 Å². The molecule has 0 radical (unpaired) electrons. The maximum atomic E-state index is 5.89. The Morgan fingerprint density at radius 3 is 2.71 bits per heavy atom. The van der Waals surface area contributed by atoms with Crippen LogP contribution in [0.3, 0.4) is 0 Å². The molecule has 4 heteroatoms. The molecule has 2 nitrogen and oxygen atoms in total. The Morgan fingerprint density at radius 1 is 1.29 bits per heavy atom. The van der Waals surface area contributed by atoms with Crippen LogP contribution in [0.2, 0.25) is 0 Å². The van der Waals surface area contributed by atoms with Gasteiger partial charge < -0.3 is 11.5 Å². The number of benzene rings is 1. The van der Waals surface area contributed by atoms with Gasteiger partial charge in [0.25, 0.3) is 0 Å². The summed E-state index contributed by atoms with van der Waals surface area (Å²) >= 11 is 1.72. The quantitative estimate of drug-likeness (QED) is 0.829. The highest BCUT2D eigenvalue weighted by molar-refractivity contribution is 7.17. The lowest BCUT2D eigenvalue weighted by Gasteiger charge is -2.06. The molecule has 1 heterocycles. The summed E-state index contributed by atoms with van der Waals surface area (Å²) in [5.74, 6) is 0. The van der Waals surface area contributed by atoms with Crippen molar-refractivity contribution in [1.82, 2.24) is 0 Å². The number of rotatable bonds is 2. The minimum atomic E-state index is -0.0313. The van der Waals surface area contributed by atoms with E-state index in [-0.39, 0.29) is 18.4 Å². The minimum Gasteiger partial charge on any atom is -0.329 e. The molecule has 2 aromatic rings. The fourth-order valence-electron chi connectivity index (χ4n) is 1.41. The number of thiophene rings is 1. The molecule has 2 rings (SSSR count). The Kier molecular flexibility index (Phi) is 3.89. The fourth-order valence-corrected chi connectivity index (χ4v) is 2.44. The zero-order chi connectivity index (χ0) is 9.26. The molecule has 0 bridgehead atoms. The third kappa shape index (κ3) is 1.91. The third-order valence-corrected chi connectivity index (χ3v) is 3.15. The first-order chi connectivity index (χ1) is 6.33. The summed E-state index contributed by atoms with van der Waals surface area (Å²) in [6, 6.07) is 8.23. The van der Waals surface area contributed by atoms with Gasteiger partial charge in [0.2, 0.25) is 0 Å². The largest absolute Gasteiger partial charge is 0.329 e. The molecule has 14 heavy (non-hydrogen) atoms. The molecule has 1 aromatic heterocycles. The van der Waals surface area contributed by atoms with Crippen LogP contribution in [0.5, 0.6) is 0 Å². The maximum absolute atomic E-state index is 5.89. The third-order valence-electron chi connectivity index (χ3n) is 2.16. The van der Waals surface area contributed by atoms with Crippen molar-refractivity contribution in [2.24, 2.45) is 11.5 Å². The zero-order valence-electron chi connectivity index (χ0n) is 7.64. The Bertz CT molecular complexity index is 413. The summed E-state index contributed by atoms with van der Waals surface area (Å²) in [6.07, 6.45) is 0. The van der Waals surface area contributed by atoms with Crippen LogP contribution in [0.25, 0.3) is 10.1 Å². The Hall–Kier alpha value is -0.610. The van der Waals surface area contributed by atoms with Crippen LogP contribution in [0.4, 0.5) is 0 Å². The van der Waals surface area contributed by atoms with E-state index in [4.69, 9.17) is 11.5 Å². The van der Waals surface area contributed by atoms with E-state index in [0.717, 1.165) is 0 Å². The van der Waals surface area contributed by atoms with E-state index in [1.54, 1.807) is 11.3 Å². The topological polar surface area (TPSA) is 52.0 Å². The maximum Gasteiger partial charge on any atom is 0.0434 e. The zero-order valence-corrected chi connectivity index (χ0v) is 9.28. The molecule has 1 aromatic carbocycles. The van der Waals surface area contributed by atoms with Crippen LogP contribution in [-0.2, 0) is 0 Å². The highest BCUT2D eigenvalue weighted by Crippen LogP contribution is 2.28. The van der Waals surface area contributed by atoms with Crippen molar-refractivity contribution in [3.05, 3.63) is 35.2 Å². The van der Waals surface area contributed by atoms with E-state index in [1.165, 1.54) is 15.6 Å². The number of fused-ring (bicyclic) bond motifs is 1. The van der Waals surface area contributed by atoms with Crippen molar-refractivity contribution in [3.8, 4) is 0 Å². The number of hydrogen-bond donors (Lipinski definition) is 2. The average Bonchev–Trinajstić information content (AvgIpc) is 2.60. The lowest BCUT2D eigenvalue weighted by Crippen LogP contribution is -2.20. The van der Waals surface area contributed by atoms with Gasteiger partial charge in [-0.15, -0.1) is 23.7 Å². The van der Waals surface area contributed by atoms with Gasteiger partial charge in [0.05, 0.1) is 0 Å². The van der Waals surface area contributed by atoms with Crippen molar-refractivity contribution in [2.75, 3.05) is 6.54 Å². The molecule has 1 atom stereocenters. The smallest absolute Gasteiger partial charge is 0.0434 e. The highest BCUT2D eigenvalue weighted by atomic mass is 35.5. The first kappa shape index (κ1) is 11.5. The van der Waals surface area contributed by atoms with E-state index in [2.05, 4.69) is 17.5 Å². The molecule has 4 N–H and O–H groups in total. The van der Waals surface area contributed by atoms with Crippen LogP contribution in [-0.4, -0.2) is 6.54 Å². The van der Waals surface area contributed by atoms with Gasteiger partial charge >= 0.3 is 0 Å². The van der Waals surface area contributed by atoms with Crippen LogP contribution in [0.1, 0.15) is 11.6 Å². The standard InChI is InChI=1S/C10H12N2S.ClH/c11-5-9(12)8-6-13-10-4-2-1-3-7(8)10;/h1-4,6,9H,5,11-12H2;1H/t9-;/m1./s1. The lowest BCUT2D eigenvalue weighted by atomic mass is 10.1. The van der Waals surface area contributed by atoms with Gasteiger partial charge in [0.1, 0.15) is 0 Å². The van der Waals surface area contributed by atoms with Crippen molar-refractivity contribution in [3.63, 3.8) is 0 Å². The second-order valence-corrected chi connectivity index (χ2v) is 3.94. The fraction of sp³-hybridized carbons (Fsp3) is 0.200. The molecule has 0 saturated carbocycles. The molecular weight excluding hydrogens is 216 g/mol. The van der Waals surface area contributed by atoms with Gasteiger partial charge in [0, 0.05) is 17.3 Å². The van der Waals surface area contributed by atoms with Gasteiger partial charge in [-0.3, -0.25) is 0 Å². The summed E-state index contributed by atoms with van der Waals surface area (Å²) in [5, 5.41) is 3.34. The first-order valence-electron chi connectivity index (χ1n) is 4.24. The van der Waals surface area contributed by atoms with E-state index in [1.807, 2.05) is 12.1 Å². The first-order valence-corrected chi connectivity index (χ1v) is 5.12. The summed E-state index contributed by atoms with van der Waals surface area (Å²) in [5.41, 5.74) is 12.6. The molecule has 0 aliphatic heterocycles. The van der Waals surface area contributed by atoms with E-state index < -0.39 is 0 Å². The summed E-state index contributed by atoms with van der Waals surface area (Å²) < 4.78 is 1.28. The molecule has 76 valence electrons. The van der Waals surface area contributed by atoms with E-state index >= 15 is 0 Å². The predicted octanol–water partition coefficient (Wildman–Crippen LogP) is 2.28. The molecule has 0 saturated heterocycles. The minimum absolute atomic E-state index is 0. The highest BCUT2D eigenvalue weighted by Gasteiger charge is 2.08. The van der Waals surface area contributed by atoms with Crippen molar-refractivity contribution < 1.29 is 0 Å². The normalized spacial score (nSPS) is 12.4. The van der Waals surface area contributed by atoms with Crippen molar-refractivity contribution >= 4 is 33.8 Å². The Balaban J connectivity index is 0.000000980. The number of nitrogens with two attached hydrogens (primary N) is 2. The second kappa shape index (κ2) is 4.75. The van der Waals surface area contributed by atoms with E-state index in [9.17, 15) is 0 Å². The van der Waals surface area contributed by atoms with Crippen LogP contribution < -0.4 is 11.5 Å². The average molecular weight is 229 g/mol. The monoisotopic (exact) mass is 228 g/mol. The lowest BCUT2D eigenvalue weighted by molar-refractivity contribution is 0.745. The van der Waals surface area contributed by atoms with Gasteiger partial charge in [-0.05, 0) is 22.4 Å². The van der Waals surface area contributed by atoms with Gasteiger partial charge in [-0.2, -0.15) is 0 Å². The summed E-state index contributed by atoms with van der Waals surface area (Å²) in [6.45, 7) is 0.501. The van der Waals surface area contributed by atoms with Gasteiger partial charge in [-0.25, -0.2) is 0 Å². The number of hydrogen-bond acceptors (Lipinski definition) is 3. The molecule has 0 unspecified atom stereocenters. The van der Waals surface area contributed by atoms with Crippen LogP contribution in [0, 0.1) is 0 Å². The molecule has 0 spiro atoms. The van der Waals surface area contributed by atoms with Gasteiger partial charge in [0.15, 0.2) is 0 Å². The summed E-state index contributed by atoms with van der Waals surface area (Å²) in [7, 11) is 0. The SMILES string of the molecule is Cl.NC[C@@H](N)c1csc2ccccc12. The predicted molar refractivity (Wildman–Crippen MR) is 65.1 cm³/mol. The molecule has 0 aliphatic carbocycles. The Morgan fingerprint density at radius 2 is 2.00 bits per heavy atom. The Labute approximate surface area is 93.3 Å². The van der Waals surface area contributed by atoms with E-state index in [0.29, 0.717) is 6.54 Å². The number of halogens is 1. The summed E-state index contributed by atoms with van der Waals surface area (Å²) in [4.78, 5) is 0. The molecule has 0 amide bonds. The van der Waals surface area contributed by atoms with Crippen molar-refractivity contribution in [2.45, 2.75) is 6.04 Å². The van der Waals surface area contributed by atoms with Gasteiger partial charge in [-0.1, -0.05) is 18.2 Å².